The van der Waals surface area contributed by atoms with Crippen molar-refractivity contribution in [3.63, 3.8) is 0 Å². The van der Waals surface area contributed by atoms with Crippen molar-refractivity contribution >= 4 is 46.2 Å². The van der Waals surface area contributed by atoms with E-state index in [9.17, 15) is 4.79 Å². The molecule has 0 atom stereocenters. The monoisotopic (exact) mass is 286 g/mol. The topological polar surface area (TPSA) is 56.4 Å². The van der Waals surface area contributed by atoms with Crippen LogP contribution in [0.25, 0.3) is 0 Å². The maximum Gasteiger partial charge on any atom is 0.253 e. The molecule has 1 amide bonds. The second-order valence-corrected chi connectivity index (χ2v) is 4.36. The number of benzene rings is 1. The predicted octanol–water partition coefficient (Wildman–Crippen LogP) is 1.63. The summed E-state index contributed by atoms with van der Waals surface area (Å²) < 4.78 is 0. The van der Waals surface area contributed by atoms with Gasteiger partial charge >= 0.3 is 0 Å². The minimum atomic E-state index is -0.285. The van der Waals surface area contributed by atoms with Gasteiger partial charge in [0.05, 0.1) is 5.69 Å². The minimum Gasteiger partial charge on any atom is -0.355 e. The van der Waals surface area contributed by atoms with Gasteiger partial charge in [0.2, 0.25) is 0 Å². The number of nitrogens with zero attached hydrogens (tertiary/aromatic N) is 1. The highest BCUT2D eigenvalue weighted by Gasteiger charge is 2.00. The molecule has 0 fully saturated rings. The molecular formula is C11H15ClN4OS. The predicted molar refractivity (Wildman–Crippen MR) is 78.8 cm³/mol. The van der Waals surface area contributed by atoms with Crippen molar-refractivity contribution in [2.24, 2.45) is 0 Å². The summed E-state index contributed by atoms with van der Waals surface area (Å²) in [6.45, 7) is 0. The first-order valence-electron chi connectivity index (χ1n) is 5.22. The first kappa shape index (κ1) is 14.5. The molecule has 0 spiro atoms. The van der Waals surface area contributed by atoms with Gasteiger partial charge < -0.3 is 10.2 Å². The molecule has 1 rings (SSSR count). The van der Waals surface area contributed by atoms with Crippen LogP contribution in [-0.2, 0) is 4.79 Å². The van der Waals surface area contributed by atoms with Crippen molar-refractivity contribution in [2.45, 2.75) is 0 Å². The van der Waals surface area contributed by atoms with Gasteiger partial charge in [-0.3, -0.25) is 15.6 Å². The van der Waals surface area contributed by atoms with Gasteiger partial charge in [0.1, 0.15) is 5.88 Å². The number of nitrogens with one attached hydrogen (secondary N) is 3. The lowest BCUT2D eigenvalue weighted by molar-refractivity contribution is -0.118. The third-order valence-corrected chi connectivity index (χ3v) is 2.72. The normalized spacial score (nSPS) is 9.50. The smallest absolute Gasteiger partial charge is 0.253 e. The number of hydrogen-bond acceptors (Lipinski definition) is 3. The highest BCUT2D eigenvalue weighted by molar-refractivity contribution is 7.80. The molecule has 0 radical (unpaired) electrons. The van der Waals surface area contributed by atoms with Gasteiger partial charge in [-0.25, -0.2) is 0 Å². The third kappa shape index (κ3) is 4.77. The molecule has 0 unspecified atom stereocenters. The van der Waals surface area contributed by atoms with Crippen LogP contribution in [0.3, 0.4) is 0 Å². The van der Waals surface area contributed by atoms with E-state index in [1.165, 1.54) is 0 Å². The van der Waals surface area contributed by atoms with Crippen molar-refractivity contribution in [1.82, 2.24) is 10.3 Å². The van der Waals surface area contributed by atoms with Crippen LogP contribution in [0.15, 0.2) is 24.3 Å². The number of alkyl halides is 1. The molecule has 7 heteroatoms. The lowest BCUT2D eigenvalue weighted by atomic mass is 10.3. The van der Waals surface area contributed by atoms with Crippen molar-refractivity contribution in [3.8, 4) is 0 Å². The first-order valence-corrected chi connectivity index (χ1v) is 6.16. The summed E-state index contributed by atoms with van der Waals surface area (Å²) in [5.74, 6) is -0.364. The molecule has 0 aliphatic carbocycles. The Hall–Kier alpha value is -1.53. The fourth-order valence-corrected chi connectivity index (χ4v) is 1.23. The van der Waals surface area contributed by atoms with Crippen LogP contribution < -0.4 is 16.2 Å². The van der Waals surface area contributed by atoms with Gasteiger partial charge in [0.25, 0.3) is 5.91 Å². The number of rotatable bonds is 4. The van der Waals surface area contributed by atoms with Crippen molar-refractivity contribution in [1.29, 1.82) is 0 Å². The molecule has 0 heterocycles. The Bertz CT molecular complexity index is 422. The van der Waals surface area contributed by atoms with Crippen LogP contribution in [-0.4, -0.2) is 35.9 Å². The summed E-state index contributed by atoms with van der Waals surface area (Å²) in [5.41, 5.74) is 6.83. The zero-order valence-electron chi connectivity index (χ0n) is 10.2. The summed E-state index contributed by atoms with van der Waals surface area (Å²) >= 11 is 10.5. The van der Waals surface area contributed by atoms with E-state index in [0.29, 0.717) is 5.11 Å². The minimum absolute atomic E-state index is 0.0796. The van der Waals surface area contributed by atoms with Gasteiger partial charge in [-0.15, -0.1) is 11.6 Å². The molecule has 0 aliphatic heterocycles. The van der Waals surface area contributed by atoms with Gasteiger partial charge in [-0.05, 0) is 36.5 Å². The van der Waals surface area contributed by atoms with E-state index < -0.39 is 0 Å². The SMILES string of the molecule is CN(C)C(=S)Nc1ccc(NNC(=O)CCl)cc1. The number of hydrazine groups is 1. The zero-order valence-corrected chi connectivity index (χ0v) is 11.7. The Morgan fingerprint density at radius 1 is 1.28 bits per heavy atom. The third-order valence-electron chi connectivity index (χ3n) is 2.01. The molecule has 18 heavy (non-hydrogen) atoms. The first-order chi connectivity index (χ1) is 8.52. The molecular weight excluding hydrogens is 272 g/mol. The summed E-state index contributed by atoms with van der Waals surface area (Å²) in [6.07, 6.45) is 0. The maximum atomic E-state index is 10.9. The second kappa shape index (κ2) is 7.03. The summed E-state index contributed by atoms with van der Waals surface area (Å²) in [6, 6.07) is 7.33. The summed E-state index contributed by atoms with van der Waals surface area (Å²) in [7, 11) is 3.74. The Morgan fingerprint density at radius 2 is 1.83 bits per heavy atom. The van der Waals surface area contributed by atoms with Crippen LogP contribution >= 0.6 is 23.8 Å². The number of carbonyl (C=O) groups is 1. The van der Waals surface area contributed by atoms with E-state index in [1.54, 1.807) is 0 Å². The van der Waals surface area contributed by atoms with Crippen molar-refractivity contribution in [3.05, 3.63) is 24.3 Å². The largest absolute Gasteiger partial charge is 0.355 e. The number of hydrogen-bond donors (Lipinski definition) is 3. The van der Waals surface area contributed by atoms with Gasteiger partial charge in [-0.1, -0.05) is 0 Å². The molecule has 3 N–H and O–H groups in total. The quantitative estimate of drug-likeness (QED) is 0.446. The molecule has 98 valence electrons. The average molecular weight is 287 g/mol. The van der Waals surface area contributed by atoms with Gasteiger partial charge in [-0.2, -0.15) is 0 Å². The molecule has 0 aromatic heterocycles. The molecule has 0 saturated carbocycles. The number of thiocarbonyl (C=S) groups is 1. The van der Waals surface area contributed by atoms with Gasteiger partial charge in [0, 0.05) is 19.8 Å². The summed E-state index contributed by atoms with van der Waals surface area (Å²) in [4.78, 5) is 12.7. The van der Waals surface area contributed by atoms with E-state index in [0.717, 1.165) is 11.4 Å². The highest BCUT2D eigenvalue weighted by Crippen LogP contribution is 2.13. The zero-order chi connectivity index (χ0) is 13.5. The average Bonchev–Trinajstić information content (AvgIpc) is 2.37. The van der Waals surface area contributed by atoms with E-state index in [4.69, 9.17) is 23.8 Å². The Balaban J connectivity index is 2.52. The van der Waals surface area contributed by atoms with Crippen LogP contribution in [0.4, 0.5) is 11.4 Å². The Morgan fingerprint density at radius 3 is 2.33 bits per heavy atom. The van der Waals surface area contributed by atoms with E-state index >= 15 is 0 Å². The molecule has 1 aromatic rings. The van der Waals surface area contributed by atoms with Crippen molar-refractivity contribution in [2.75, 3.05) is 30.7 Å². The lowest BCUT2D eigenvalue weighted by Crippen LogP contribution is -2.30. The van der Waals surface area contributed by atoms with Crippen LogP contribution in [0, 0.1) is 0 Å². The van der Waals surface area contributed by atoms with Crippen LogP contribution in [0.5, 0.6) is 0 Å². The molecule has 5 nitrogen and oxygen atoms in total. The fraction of sp³-hybridized carbons (Fsp3) is 0.273. The number of halogens is 1. The maximum absolute atomic E-state index is 10.9. The fourth-order valence-electron chi connectivity index (χ4n) is 1.05. The number of anilines is 2. The molecule has 0 aliphatic rings. The number of amides is 1. The molecule has 1 aromatic carbocycles. The standard InChI is InChI=1S/C11H15ClN4OS/c1-16(2)11(18)13-8-3-5-9(6-4-8)14-15-10(17)7-12/h3-6,14H,7H2,1-2H3,(H,13,18)(H,15,17). The Kier molecular flexibility index (Phi) is 5.67. The lowest BCUT2D eigenvalue weighted by Gasteiger charge is -2.15. The van der Waals surface area contributed by atoms with Crippen molar-refractivity contribution < 1.29 is 4.79 Å². The summed E-state index contributed by atoms with van der Waals surface area (Å²) in [5, 5.41) is 3.70. The number of carbonyl (C=O) groups excluding carboxylic acids is 1. The van der Waals surface area contributed by atoms with Crippen LogP contribution in [0.1, 0.15) is 0 Å². The molecule has 0 saturated heterocycles. The van der Waals surface area contributed by atoms with E-state index in [1.807, 2.05) is 43.3 Å². The molecule has 0 bridgehead atoms. The second-order valence-electron chi connectivity index (χ2n) is 3.71. The van der Waals surface area contributed by atoms with E-state index in [2.05, 4.69) is 16.2 Å². The van der Waals surface area contributed by atoms with E-state index in [-0.39, 0.29) is 11.8 Å². The van der Waals surface area contributed by atoms with Gasteiger partial charge in [0.15, 0.2) is 5.11 Å². The highest BCUT2D eigenvalue weighted by atomic mass is 35.5. The Labute approximate surface area is 116 Å². The van der Waals surface area contributed by atoms with Crippen LogP contribution in [0.2, 0.25) is 0 Å².